The number of alkyl carbamates (subject to hydrolysis) is 1. The zero-order chi connectivity index (χ0) is 22.3. The van der Waals surface area contributed by atoms with Gasteiger partial charge in [-0.2, -0.15) is 13.2 Å². The first-order valence-corrected chi connectivity index (χ1v) is 10.6. The lowest BCUT2D eigenvalue weighted by atomic mass is 9.77. The molecule has 1 spiro atoms. The van der Waals surface area contributed by atoms with E-state index < -0.39 is 29.8 Å². The van der Waals surface area contributed by atoms with E-state index >= 15 is 0 Å². The van der Waals surface area contributed by atoms with E-state index in [9.17, 15) is 22.8 Å². The van der Waals surface area contributed by atoms with Crippen molar-refractivity contribution in [2.45, 2.75) is 51.3 Å². The second kappa shape index (κ2) is 8.42. The molecule has 0 saturated heterocycles. The Labute approximate surface area is 185 Å². The van der Waals surface area contributed by atoms with Gasteiger partial charge in [0.05, 0.1) is 5.92 Å². The first-order valence-electron chi connectivity index (χ1n) is 9.45. The predicted octanol–water partition coefficient (Wildman–Crippen LogP) is 5.92. The summed E-state index contributed by atoms with van der Waals surface area (Å²) in [6.45, 7) is 3.75. The number of aryl methyl sites for hydroxylation is 1. The summed E-state index contributed by atoms with van der Waals surface area (Å²) in [7, 11) is 0. The molecule has 1 heterocycles. The molecule has 3 rings (SSSR count). The third-order valence-corrected chi connectivity index (χ3v) is 6.59. The average molecular weight is 511 g/mol. The molecule has 0 atom stereocenters. The maximum Gasteiger partial charge on any atom is 0.412 e. The SMILES string of the molecule is CCNC(=O)OC1=C(c2cc(C)c(Br)cc2Cl)C(=O)OC12CCC(C(F)(F)F)CC2. The maximum atomic E-state index is 13.1. The van der Waals surface area contributed by atoms with E-state index in [1.165, 1.54) is 0 Å². The molecule has 164 valence electrons. The lowest BCUT2D eigenvalue weighted by Crippen LogP contribution is -2.42. The minimum absolute atomic E-state index is 0.0349. The van der Waals surface area contributed by atoms with Crippen LogP contribution in [0.2, 0.25) is 5.02 Å². The van der Waals surface area contributed by atoms with Crippen molar-refractivity contribution in [3.8, 4) is 0 Å². The van der Waals surface area contributed by atoms with Crippen molar-refractivity contribution in [3.05, 3.63) is 38.5 Å². The second-order valence-corrected chi connectivity index (χ2v) is 8.67. The number of ether oxygens (including phenoxy) is 2. The largest absolute Gasteiger partial charge is 0.447 e. The van der Waals surface area contributed by atoms with E-state index in [-0.39, 0.29) is 48.6 Å². The number of halogens is 5. The summed E-state index contributed by atoms with van der Waals surface area (Å²) >= 11 is 9.70. The number of nitrogens with one attached hydrogen (secondary N) is 1. The van der Waals surface area contributed by atoms with Crippen LogP contribution in [0.25, 0.3) is 5.57 Å². The van der Waals surface area contributed by atoms with Crippen molar-refractivity contribution in [1.82, 2.24) is 5.32 Å². The van der Waals surface area contributed by atoms with Crippen molar-refractivity contribution in [2.75, 3.05) is 6.54 Å². The summed E-state index contributed by atoms with van der Waals surface area (Å²) in [6.07, 6.45) is -5.82. The van der Waals surface area contributed by atoms with Crippen molar-refractivity contribution in [1.29, 1.82) is 0 Å². The molecule has 0 bridgehead atoms. The average Bonchev–Trinajstić information content (AvgIpc) is 2.89. The van der Waals surface area contributed by atoms with E-state index in [1.54, 1.807) is 26.0 Å². The topological polar surface area (TPSA) is 64.6 Å². The molecule has 1 amide bonds. The molecule has 30 heavy (non-hydrogen) atoms. The van der Waals surface area contributed by atoms with Crippen LogP contribution in [-0.4, -0.2) is 30.4 Å². The van der Waals surface area contributed by atoms with Crippen molar-refractivity contribution >= 4 is 45.2 Å². The summed E-state index contributed by atoms with van der Waals surface area (Å²) in [5.74, 6) is -2.35. The van der Waals surface area contributed by atoms with Crippen LogP contribution in [-0.2, 0) is 14.3 Å². The van der Waals surface area contributed by atoms with Crippen molar-refractivity contribution in [2.24, 2.45) is 5.92 Å². The molecule has 1 aromatic carbocycles. The molecule has 1 saturated carbocycles. The number of hydrogen-bond donors (Lipinski definition) is 1. The highest BCUT2D eigenvalue weighted by Gasteiger charge is 2.55. The Balaban J connectivity index is 2.08. The van der Waals surface area contributed by atoms with E-state index in [0.717, 1.165) is 10.0 Å². The van der Waals surface area contributed by atoms with Gasteiger partial charge in [0.15, 0.2) is 11.4 Å². The minimum Gasteiger partial charge on any atom is -0.447 e. The molecule has 0 aromatic heterocycles. The predicted molar refractivity (Wildman–Crippen MR) is 108 cm³/mol. The van der Waals surface area contributed by atoms with Crippen LogP contribution in [0.5, 0.6) is 0 Å². The smallest absolute Gasteiger partial charge is 0.412 e. The molecule has 1 fully saturated rings. The summed E-state index contributed by atoms with van der Waals surface area (Å²) in [5, 5.41) is 2.69. The van der Waals surface area contributed by atoms with Crippen LogP contribution >= 0.6 is 27.5 Å². The molecule has 5 nitrogen and oxygen atoms in total. The fourth-order valence-corrected chi connectivity index (χ4v) is 4.57. The van der Waals surface area contributed by atoms with Crippen LogP contribution in [0.15, 0.2) is 22.4 Å². The number of amides is 1. The quantitative estimate of drug-likeness (QED) is 0.513. The molecule has 2 aliphatic rings. The van der Waals surface area contributed by atoms with Gasteiger partial charge in [0.1, 0.15) is 5.57 Å². The van der Waals surface area contributed by atoms with E-state index in [0.29, 0.717) is 5.56 Å². The number of benzene rings is 1. The van der Waals surface area contributed by atoms with Gasteiger partial charge in [-0.25, -0.2) is 9.59 Å². The van der Waals surface area contributed by atoms with Crippen LogP contribution in [0.1, 0.15) is 43.7 Å². The van der Waals surface area contributed by atoms with Gasteiger partial charge >= 0.3 is 18.2 Å². The molecule has 0 unspecified atom stereocenters. The van der Waals surface area contributed by atoms with Gasteiger partial charge < -0.3 is 14.8 Å². The monoisotopic (exact) mass is 509 g/mol. The normalized spacial score (nSPS) is 24.2. The summed E-state index contributed by atoms with van der Waals surface area (Å²) < 4.78 is 51.2. The number of alkyl halides is 3. The van der Waals surface area contributed by atoms with Crippen molar-refractivity contribution in [3.63, 3.8) is 0 Å². The summed E-state index contributed by atoms with van der Waals surface area (Å²) in [6, 6.07) is 3.24. The highest BCUT2D eigenvalue weighted by molar-refractivity contribution is 9.10. The van der Waals surface area contributed by atoms with Gasteiger partial charge in [-0.3, -0.25) is 0 Å². The number of hydrogen-bond acceptors (Lipinski definition) is 4. The zero-order valence-corrected chi connectivity index (χ0v) is 18.6. The van der Waals surface area contributed by atoms with E-state index in [2.05, 4.69) is 21.2 Å². The standard InChI is InChI=1S/C20H20BrClF3NO4/c1-3-26-18(28)29-16-15(12-8-10(2)13(21)9-14(12)22)17(27)30-19(16)6-4-11(5-7-19)20(23,24)25/h8-9,11H,3-7H2,1-2H3,(H,26,28). The molecule has 1 aliphatic carbocycles. The Hall–Kier alpha value is -1.74. The number of carbonyl (C=O) groups excluding carboxylic acids is 2. The third-order valence-electron chi connectivity index (χ3n) is 5.42. The Morgan fingerprint density at radius 2 is 2.00 bits per heavy atom. The first-order chi connectivity index (χ1) is 14.0. The third kappa shape index (κ3) is 4.32. The second-order valence-electron chi connectivity index (χ2n) is 7.40. The van der Waals surface area contributed by atoms with Gasteiger partial charge in [-0.1, -0.05) is 27.5 Å². The first kappa shape index (κ1) is 22.9. The summed E-state index contributed by atoms with van der Waals surface area (Å²) in [4.78, 5) is 25.0. The van der Waals surface area contributed by atoms with Gasteiger partial charge in [0.25, 0.3) is 0 Å². The molecule has 1 N–H and O–H groups in total. The number of carbonyl (C=O) groups is 2. The molecular formula is C20H20BrClF3NO4. The highest BCUT2D eigenvalue weighted by atomic mass is 79.9. The molecular weight excluding hydrogens is 491 g/mol. The highest BCUT2D eigenvalue weighted by Crippen LogP contribution is 2.51. The van der Waals surface area contributed by atoms with Gasteiger partial charge in [-0.05, 0) is 57.2 Å². The summed E-state index contributed by atoms with van der Waals surface area (Å²) in [5.41, 5.74) is -0.388. The van der Waals surface area contributed by atoms with E-state index in [4.69, 9.17) is 21.1 Å². The molecule has 0 radical (unpaired) electrons. The van der Waals surface area contributed by atoms with Gasteiger partial charge in [0, 0.05) is 21.6 Å². The Kier molecular flexibility index (Phi) is 6.43. The van der Waals surface area contributed by atoms with Gasteiger partial charge in [0.2, 0.25) is 0 Å². The van der Waals surface area contributed by atoms with Crippen LogP contribution in [0, 0.1) is 12.8 Å². The lowest BCUT2D eigenvalue weighted by molar-refractivity contribution is -0.194. The number of esters is 1. The minimum atomic E-state index is -4.33. The Morgan fingerprint density at radius 1 is 1.37 bits per heavy atom. The Morgan fingerprint density at radius 3 is 2.57 bits per heavy atom. The molecule has 1 aliphatic heterocycles. The molecule has 10 heteroatoms. The van der Waals surface area contributed by atoms with Crippen LogP contribution < -0.4 is 5.32 Å². The number of rotatable bonds is 3. The fraction of sp³-hybridized carbons (Fsp3) is 0.500. The Bertz CT molecular complexity index is 908. The fourth-order valence-electron chi connectivity index (χ4n) is 3.83. The maximum absolute atomic E-state index is 13.1. The molecule has 1 aromatic rings. The van der Waals surface area contributed by atoms with Crippen LogP contribution in [0.4, 0.5) is 18.0 Å². The van der Waals surface area contributed by atoms with Crippen LogP contribution in [0.3, 0.4) is 0 Å². The zero-order valence-electron chi connectivity index (χ0n) is 16.3. The van der Waals surface area contributed by atoms with E-state index in [1.807, 2.05) is 0 Å². The van der Waals surface area contributed by atoms with Crippen molar-refractivity contribution < 1.29 is 32.2 Å². The van der Waals surface area contributed by atoms with Gasteiger partial charge in [-0.15, -0.1) is 0 Å². The lowest BCUT2D eigenvalue weighted by Gasteiger charge is -2.37.